The molecule has 1 aliphatic carbocycles. The van der Waals surface area contributed by atoms with E-state index in [1.807, 2.05) is 0 Å². The van der Waals surface area contributed by atoms with E-state index in [1.165, 1.54) is 32.4 Å². The molecule has 0 aromatic heterocycles. The summed E-state index contributed by atoms with van der Waals surface area (Å²) in [5, 5.41) is 3.57. The second-order valence-corrected chi connectivity index (χ2v) is 5.79. The first-order valence-corrected chi connectivity index (χ1v) is 7.08. The summed E-state index contributed by atoms with van der Waals surface area (Å²) in [5.74, 6) is 1.75. The van der Waals surface area contributed by atoms with Gasteiger partial charge in [0.2, 0.25) is 0 Å². The Morgan fingerprint density at radius 1 is 1.19 bits per heavy atom. The van der Waals surface area contributed by atoms with E-state index in [1.54, 1.807) is 0 Å². The highest BCUT2D eigenvalue weighted by atomic mass is 15.2. The topological polar surface area (TPSA) is 15.3 Å². The normalized spacial score (nSPS) is 19.1. The van der Waals surface area contributed by atoms with Gasteiger partial charge in [-0.05, 0) is 44.7 Å². The Balaban J connectivity index is 2.16. The van der Waals surface area contributed by atoms with Crippen LogP contribution in [0, 0.1) is 11.8 Å². The fraction of sp³-hybridized carbons (Fsp3) is 1.00. The highest BCUT2D eigenvalue weighted by molar-refractivity contribution is 4.77. The molecule has 1 atom stereocenters. The summed E-state index contributed by atoms with van der Waals surface area (Å²) in [7, 11) is 0. The lowest BCUT2D eigenvalue weighted by molar-refractivity contribution is 0.144. The Morgan fingerprint density at radius 2 is 1.88 bits per heavy atom. The van der Waals surface area contributed by atoms with Crippen LogP contribution in [0.3, 0.4) is 0 Å². The largest absolute Gasteiger partial charge is 0.315 e. The Hall–Kier alpha value is -0.0800. The second kappa shape index (κ2) is 7.29. The Kier molecular flexibility index (Phi) is 6.37. The molecule has 1 rings (SSSR count). The lowest BCUT2D eigenvalue weighted by Crippen LogP contribution is -2.44. The van der Waals surface area contributed by atoms with Gasteiger partial charge in [0.25, 0.3) is 0 Å². The predicted molar refractivity (Wildman–Crippen MR) is 71.8 cm³/mol. The van der Waals surface area contributed by atoms with Gasteiger partial charge in [-0.25, -0.2) is 0 Å². The van der Waals surface area contributed by atoms with E-state index in [0.717, 1.165) is 24.9 Å². The van der Waals surface area contributed by atoms with Crippen molar-refractivity contribution >= 4 is 0 Å². The van der Waals surface area contributed by atoms with Crippen molar-refractivity contribution in [2.24, 2.45) is 11.8 Å². The first-order valence-electron chi connectivity index (χ1n) is 7.08. The van der Waals surface area contributed by atoms with Crippen molar-refractivity contribution in [1.82, 2.24) is 10.2 Å². The molecule has 0 bridgehead atoms. The first-order chi connectivity index (χ1) is 7.63. The van der Waals surface area contributed by atoms with Gasteiger partial charge in [0.15, 0.2) is 0 Å². The lowest BCUT2D eigenvalue weighted by Gasteiger charge is -2.35. The van der Waals surface area contributed by atoms with E-state index >= 15 is 0 Å². The summed E-state index contributed by atoms with van der Waals surface area (Å²) in [6.45, 7) is 14.0. The molecule has 1 unspecified atom stereocenters. The molecule has 0 saturated heterocycles. The molecular weight excluding hydrogens is 196 g/mol. The van der Waals surface area contributed by atoms with Crippen LogP contribution in [0.4, 0.5) is 0 Å². The fourth-order valence-electron chi connectivity index (χ4n) is 2.34. The molecule has 1 fully saturated rings. The fourth-order valence-corrected chi connectivity index (χ4v) is 2.34. The van der Waals surface area contributed by atoms with Crippen molar-refractivity contribution in [3.8, 4) is 0 Å². The second-order valence-electron chi connectivity index (χ2n) is 5.79. The maximum atomic E-state index is 3.57. The van der Waals surface area contributed by atoms with Gasteiger partial charge in [-0.3, -0.25) is 4.90 Å². The monoisotopic (exact) mass is 226 g/mol. The van der Waals surface area contributed by atoms with Gasteiger partial charge in [0.1, 0.15) is 0 Å². The van der Waals surface area contributed by atoms with Gasteiger partial charge < -0.3 is 5.32 Å². The van der Waals surface area contributed by atoms with Crippen molar-refractivity contribution in [1.29, 1.82) is 0 Å². The molecule has 0 amide bonds. The maximum absolute atomic E-state index is 3.57. The van der Waals surface area contributed by atoms with E-state index in [0.29, 0.717) is 6.04 Å². The SMILES string of the molecule is CCN(CC1CCC1)C(C)CNCC(C)C. The summed E-state index contributed by atoms with van der Waals surface area (Å²) >= 11 is 0. The molecule has 0 aromatic carbocycles. The Bertz CT molecular complexity index is 176. The molecule has 1 N–H and O–H groups in total. The summed E-state index contributed by atoms with van der Waals surface area (Å²) < 4.78 is 0. The summed E-state index contributed by atoms with van der Waals surface area (Å²) in [4.78, 5) is 2.64. The highest BCUT2D eigenvalue weighted by Crippen LogP contribution is 2.27. The van der Waals surface area contributed by atoms with Crippen LogP contribution in [-0.4, -0.2) is 37.1 Å². The van der Waals surface area contributed by atoms with E-state index < -0.39 is 0 Å². The van der Waals surface area contributed by atoms with Crippen molar-refractivity contribution in [2.75, 3.05) is 26.2 Å². The van der Waals surface area contributed by atoms with Gasteiger partial charge in [-0.15, -0.1) is 0 Å². The predicted octanol–water partition coefficient (Wildman–Crippen LogP) is 2.74. The number of nitrogens with zero attached hydrogens (tertiary/aromatic N) is 1. The van der Waals surface area contributed by atoms with Crippen molar-refractivity contribution in [3.05, 3.63) is 0 Å². The average Bonchev–Trinajstić information content (AvgIpc) is 2.15. The molecule has 0 heterocycles. The van der Waals surface area contributed by atoms with Gasteiger partial charge in [-0.1, -0.05) is 27.2 Å². The van der Waals surface area contributed by atoms with Crippen molar-refractivity contribution < 1.29 is 0 Å². The zero-order chi connectivity index (χ0) is 12.0. The molecule has 2 heteroatoms. The summed E-state index contributed by atoms with van der Waals surface area (Å²) in [5.41, 5.74) is 0. The van der Waals surface area contributed by atoms with Crippen LogP contribution in [0.15, 0.2) is 0 Å². The van der Waals surface area contributed by atoms with E-state index in [-0.39, 0.29) is 0 Å². The average molecular weight is 226 g/mol. The standard InChI is InChI=1S/C14H30N2/c1-5-16(11-14-7-6-8-14)13(4)10-15-9-12(2)3/h12-15H,5-11H2,1-4H3. The molecule has 0 radical (unpaired) electrons. The number of nitrogens with one attached hydrogen (secondary N) is 1. The summed E-state index contributed by atoms with van der Waals surface area (Å²) in [6.07, 6.45) is 4.38. The minimum Gasteiger partial charge on any atom is -0.315 e. The van der Waals surface area contributed by atoms with E-state index in [2.05, 4.69) is 37.9 Å². The van der Waals surface area contributed by atoms with Crippen molar-refractivity contribution in [2.45, 2.75) is 53.0 Å². The first kappa shape index (κ1) is 14.0. The molecule has 1 aliphatic rings. The van der Waals surface area contributed by atoms with Crippen LogP contribution in [0.25, 0.3) is 0 Å². The van der Waals surface area contributed by atoms with Crippen LogP contribution in [0.5, 0.6) is 0 Å². The number of hydrogen-bond acceptors (Lipinski definition) is 2. The zero-order valence-corrected chi connectivity index (χ0v) is 11.6. The van der Waals surface area contributed by atoms with Crippen LogP contribution in [-0.2, 0) is 0 Å². The molecule has 0 spiro atoms. The third-order valence-electron chi connectivity index (χ3n) is 3.74. The summed E-state index contributed by atoms with van der Waals surface area (Å²) in [6, 6.07) is 0.685. The van der Waals surface area contributed by atoms with E-state index in [9.17, 15) is 0 Å². The van der Waals surface area contributed by atoms with E-state index in [4.69, 9.17) is 0 Å². The quantitative estimate of drug-likeness (QED) is 0.684. The highest BCUT2D eigenvalue weighted by Gasteiger charge is 2.22. The van der Waals surface area contributed by atoms with Crippen LogP contribution >= 0.6 is 0 Å². The molecule has 96 valence electrons. The molecule has 0 aliphatic heterocycles. The van der Waals surface area contributed by atoms with Crippen LogP contribution < -0.4 is 5.32 Å². The van der Waals surface area contributed by atoms with Crippen molar-refractivity contribution in [3.63, 3.8) is 0 Å². The number of likely N-dealkylation sites (N-methyl/N-ethyl adjacent to an activating group) is 1. The molecular formula is C14H30N2. The van der Waals surface area contributed by atoms with Gasteiger partial charge in [0, 0.05) is 19.1 Å². The molecule has 16 heavy (non-hydrogen) atoms. The number of rotatable bonds is 8. The zero-order valence-electron chi connectivity index (χ0n) is 11.6. The van der Waals surface area contributed by atoms with Gasteiger partial charge >= 0.3 is 0 Å². The Labute approximate surface area is 102 Å². The minimum atomic E-state index is 0.685. The molecule has 1 saturated carbocycles. The third kappa shape index (κ3) is 4.84. The molecule has 0 aromatic rings. The minimum absolute atomic E-state index is 0.685. The maximum Gasteiger partial charge on any atom is 0.0192 e. The van der Waals surface area contributed by atoms with Crippen LogP contribution in [0.2, 0.25) is 0 Å². The smallest absolute Gasteiger partial charge is 0.0192 e. The molecule has 2 nitrogen and oxygen atoms in total. The Morgan fingerprint density at radius 3 is 2.31 bits per heavy atom. The van der Waals surface area contributed by atoms with Crippen LogP contribution in [0.1, 0.15) is 47.0 Å². The number of hydrogen-bond donors (Lipinski definition) is 1. The third-order valence-corrected chi connectivity index (χ3v) is 3.74. The van der Waals surface area contributed by atoms with Gasteiger partial charge in [0.05, 0.1) is 0 Å². The lowest BCUT2D eigenvalue weighted by atomic mass is 9.85. The van der Waals surface area contributed by atoms with Gasteiger partial charge in [-0.2, -0.15) is 0 Å².